The average Bonchev–Trinajstić information content (AvgIpc) is 3.31. The molecule has 0 spiro atoms. The zero-order chi connectivity index (χ0) is 21.2. The number of halogens is 2. The van der Waals surface area contributed by atoms with E-state index >= 15 is 0 Å². The van der Waals surface area contributed by atoms with Crippen molar-refractivity contribution in [3.05, 3.63) is 107 Å². The minimum Gasteiger partial charge on any atom is -0.456 e. The van der Waals surface area contributed by atoms with Crippen LogP contribution in [-0.4, -0.2) is 10.2 Å². The summed E-state index contributed by atoms with van der Waals surface area (Å²) in [4.78, 5) is 0. The lowest BCUT2D eigenvalue weighted by molar-refractivity contribution is 0.597. The molecule has 2 aromatic heterocycles. The Morgan fingerprint density at radius 1 is 0.581 bits per heavy atom. The van der Waals surface area contributed by atoms with Crippen molar-refractivity contribution < 1.29 is 4.42 Å². The second-order valence-electron chi connectivity index (χ2n) is 7.01. The molecule has 0 atom stereocenters. The molecule has 0 amide bonds. The van der Waals surface area contributed by atoms with Gasteiger partial charge in [-0.1, -0.05) is 83.9 Å². The highest BCUT2D eigenvalue weighted by atomic mass is 35.5. The van der Waals surface area contributed by atoms with E-state index in [9.17, 15) is 0 Å². The van der Waals surface area contributed by atoms with Gasteiger partial charge in [-0.25, -0.2) is 0 Å². The zero-order valence-electron chi connectivity index (χ0n) is 16.3. The van der Waals surface area contributed by atoms with Gasteiger partial charge in [0.05, 0.1) is 10.7 Å². The molecule has 0 bridgehead atoms. The second kappa shape index (κ2) is 8.38. The third-order valence-corrected chi connectivity index (χ3v) is 5.54. The highest BCUT2D eigenvalue weighted by Gasteiger charge is 2.17. The first-order valence-electron chi connectivity index (χ1n) is 9.73. The van der Waals surface area contributed by atoms with Crippen molar-refractivity contribution in [3.8, 4) is 45.2 Å². The lowest BCUT2D eigenvalue weighted by Gasteiger charge is -2.09. The van der Waals surface area contributed by atoms with Gasteiger partial charge in [-0.15, -0.1) is 10.2 Å². The quantitative estimate of drug-likeness (QED) is 0.282. The molecule has 0 fully saturated rings. The Hall–Kier alpha value is -3.40. The van der Waals surface area contributed by atoms with E-state index in [0.717, 1.165) is 33.6 Å². The lowest BCUT2D eigenvalue weighted by Crippen LogP contribution is -1.95. The summed E-state index contributed by atoms with van der Waals surface area (Å²) in [6.07, 6.45) is 0. The average molecular weight is 443 g/mol. The molecule has 5 aromatic rings. The standard InChI is InChI=1S/C26H16Cl2N2O/c27-19-11-12-22(28)20(15-19)24-13-14-25(31-24)21-16-23(17-7-3-1-4-8-17)29-30-26(21)18-9-5-2-6-10-18/h1-16H. The van der Waals surface area contributed by atoms with Crippen molar-refractivity contribution in [2.24, 2.45) is 0 Å². The molecule has 0 radical (unpaired) electrons. The van der Waals surface area contributed by atoms with Crippen LogP contribution >= 0.6 is 23.2 Å². The van der Waals surface area contributed by atoms with Crippen LogP contribution in [0.1, 0.15) is 0 Å². The SMILES string of the molecule is Clc1ccc(Cl)c(-c2ccc(-c3cc(-c4ccccc4)nnc3-c3ccccc3)o2)c1. The molecular formula is C26H16Cl2N2O. The lowest BCUT2D eigenvalue weighted by atomic mass is 10.0. The van der Waals surface area contributed by atoms with Crippen LogP contribution in [0.5, 0.6) is 0 Å². The first-order chi connectivity index (χ1) is 15.2. The zero-order valence-corrected chi connectivity index (χ0v) is 17.8. The minimum absolute atomic E-state index is 0.575. The predicted molar refractivity (Wildman–Crippen MR) is 126 cm³/mol. The summed E-state index contributed by atoms with van der Waals surface area (Å²) in [5, 5.41) is 10.2. The van der Waals surface area contributed by atoms with Crippen LogP contribution in [0.3, 0.4) is 0 Å². The molecule has 0 saturated carbocycles. The normalized spacial score (nSPS) is 10.9. The molecular weight excluding hydrogens is 427 g/mol. The van der Waals surface area contributed by atoms with Crippen molar-refractivity contribution in [1.82, 2.24) is 10.2 Å². The Kier molecular flexibility index (Phi) is 5.29. The minimum atomic E-state index is 0.575. The number of hydrogen-bond donors (Lipinski definition) is 0. The summed E-state index contributed by atoms with van der Waals surface area (Å²) in [5.74, 6) is 1.32. The van der Waals surface area contributed by atoms with Crippen LogP contribution in [0.2, 0.25) is 10.0 Å². The second-order valence-corrected chi connectivity index (χ2v) is 7.86. The summed E-state index contributed by atoms with van der Waals surface area (Å²) in [6.45, 7) is 0. The van der Waals surface area contributed by atoms with Gasteiger partial charge in [0.2, 0.25) is 0 Å². The van der Waals surface area contributed by atoms with Gasteiger partial charge in [-0.2, -0.15) is 0 Å². The Labute approximate surface area is 189 Å². The van der Waals surface area contributed by atoms with E-state index in [4.69, 9.17) is 27.6 Å². The maximum Gasteiger partial charge on any atom is 0.137 e. The summed E-state index contributed by atoms with van der Waals surface area (Å²) in [7, 11) is 0. The topological polar surface area (TPSA) is 38.9 Å². The van der Waals surface area contributed by atoms with Gasteiger partial charge in [0.15, 0.2) is 0 Å². The van der Waals surface area contributed by atoms with Gasteiger partial charge in [-0.05, 0) is 36.4 Å². The van der Waals surface area contributed by atoms with E-state index in [2.05, 4.69) is 10.2 Å². The fourth-order valence-corrected chi connectivity index (χ4v) is 3.84. The van der Waals surface area contributed by atoms with Crippen molar-refractivity contribution in [1.29, 1.82) is 0 Å². The first-order valence-corrected chi connectivity index (χ1v) is 10.5. The number of benzene rings is 3. The molecule has 0 aliphatic heterocycles. The van der Waals surface area contributed by atoms with E-state index in [1.807, 2.05) is 78.9 Å². The monoisotopic (exact) mass is 442 g/mol. The van der Waals surface area contributed by atoms with Crippen LogP contribution in [0.4, 0.5) is 0 Å². The van der Waals surface area contributed by atoms with E-state index in [1.165, 1.54) is 0 Å². The van der Waals surface area contributed by atoms with Gasteiger partial charge in [0.1, 0.15) is 17.2 Å². The number of aromatic nitrogens is 2. The molecule has 5 heteroatoms. The molecule has 0 N–H and O–H groups in total. The third-order valence-electron chi connectivity index (χ3n) is 4.98. The fourth-order valence-electron chi connectivity index (χ4n) is 3.45. The molecule has 2 heterocycles. The number of nitrogens with zero attached hydrogens (tertiary/aromatic N) is 2. The van der Waals surface area contributed by atoms with E-state index < -0.39 is 0 Å². The maximum absolute atomic E-state index is 6.38. The Balaban J connectivity index is 1.67. The third kappa shape index (κ3) is 3.98. The van der Waals surface area contributed by atoms with Crippen LogP contribution in [0.25, 0.3) is 45.2 Å². The number of hydrogen-bond acceptors (Lipinski definition) is 3. The van der Waals surface area contributed by atoms with Gasteiger partial charge in [-0.3, -0.25) is 0 Å². The molecule has 5 rings (SSSR count). The molecule has 3 aromatic carbocycles. The van der Waals surface area contributed by atoms with Gasteiger partial charge in [0, 0.05) is 27.3 Å². The highest BCUT2D eigenvalue weighted by molar-refractivity contribution is 6.35. The first kappa shape index (κ1) is 19.6. The molecule has 0 unspecified atom stereocenters. The van der Waals surface area contributed by atoms with E-state index in [-0.39, 0.29) is 0 Å². The van der Waals surface area contributed by atoms with Crippen molar-refractivity contribution in [2.75, 3.05) is 0 Å². The van der Waals surface area contributed by atoms with E-state index in [1.54, 1.807) is 18.2 Å². The van der Waals surface area contributed by atoms with Crippen LogP contribution in [0.15, 0.2) is 101 Å². The number of rotatable bonds is 4. The van der Waals surface area contributed by atoms with Crippen LogP contribution in [0, 0.1) is 0 Å². The van der Waals surface area contributed by atoms with Crippen LogP contribution < -0.4 is 0 Å². The van der Waals surface area contributed by atoms with Crippen molar-refractivity contribution >= 4 is 23.2 Å². The summed E-state index contributed by atoms with van der Waals surface area (Å²) in [6, 6.07) is 31.0. The van der Waals surface area contributed by atoms with Crippen LogP contribution in [-0.2, 0) is 0 Å². The van der Waals surface area contributed by atoms with Crippen molar-refractivity contribution in [2.45, 2.75) is 0 Å². The Bertz CT molecular complexity index is 1350. The van der Waals surface area contributed by atoms with Crippen molar-refractivity contribution in [3.63, 3.8) is 0 Å². The summed E-state index contributed by atoms with van der Waals surface area (Å²) >= 11 is 12.5. The van der Waals surface area contributed by atoms with Gasteiger partial charge < -0.3 is 4.42 Å². The predicted octanol–water partition coefficient (Wildman–Crippen LogP) is 8.04. The van der Waals surface area contributed by atoms with Gasteiger partial charge in [0.25, 0.3) is 0 Å². The smallest absolute Gasteiger partial charge is 0.137 e. The Morgan fingerprint density at radius 2 is 1.23 bits per heavy atom. The highest BCUT2D eigenvalue weighted by Crippen LogP contribution is 2.38. The van der Waals surface area contributed by atoms with Gasteiger partial charge >= 0.3 is 0 Å². The maximum atomic E-state index is 6.38. The summed E-state index contributed by atoms with van der Waals surface area (Å²) in [5.41, 5.74) is 5.06. The number of furan rings is 1. The molecule has 3 nitrogen and oxygen atoms in total. The molecule has 150 valence electrons. The molecule has 0 aliphatic rings. The molecule has 0 aliphatic carbocycles. The molecule has 31 heavy (non-hydrogen) atoms. The Morgan fingerprint density at radius 3 is 1.94 bits per heavy atom. The van der Waals surface area contributed by atoms with E-state index in [0.29, 0.717) is 21.6 Å². The largest absolute Gasteiger partial charge is 0.456 e. The summed E-state index contributed by atoms with van der Waals surface area (Å²) < 4.78 is 6.23. The fraction of sp³-hybridized carbons (Fsp3) is 0. The molecule has 0 saturated heterocycles.